The minimum Gasteiger partial charge on any atom is -0.493 e. The molecular weight excluding hydrogens is 513 g/mol. The summed E-state index contributed by atoms with van der Waals surface area (Å²) in [6.45, 7) is 1.38. The topological polar surface area (TPSA) is 84.9 Å². The van der Waals surface area contributed by atoms with E-state index in [9.17, 15) is 14.4 Å². The molecule has 2 amide bonds. The Morgan fingerprint density at radius 1 is 0.974 bits per heavy atom. The molecule has 1 saturated carbocycles. The van der Waals surface area contributed by atoms with Crippen LogP contribution < -0.4 is 14.8 Å². The van der Waals surface area contributed by atoms with E-state index in [1.165, 1.54) is 63.6 Å². The molecule has 1 fully saturated rings. The van der Waals surface area contributed by atoms with Gasteiger partial charge in [-0.25, -0.2) is 0 Å². The molecule has 7 nitrogen and oxygen atoms in total. The number of hydrogen-bond donors (Lipinski definition) is 1. The molecule has 208 valence electrons. The van der Waals surface area contributed by atoms with Crippen molar-refractivity contribution in [1.82, 2.24) is 10.2 Å². The highest BCUT2D eigenvalue weighted by molar-refractivity contribution is 6.19. The van der Waals surface area contributed by atoms with Crippen LogP contribution in [-0.4, -0.2) is 55.0 Å². The fourth-order valence-corrected chi connectivity index (χ4v) is 5.45. The van der Waals surface area contributed by atoms with E-state index < -0.39 is 34.9 Å². The lowest BCUT2D eigenvalue weighted by Gasteiger charge is -2.34. The van der Waals surface area contributed by atoms with Crippen molar-refractivity contribution < 1.29 is 37.0 Å². The first-order valence-electron chi connectivity index (χ1n) is 12.8. The maximum Gasteiger partial charge on any atom is 0.425 e. The summed E-state index contributed by atoms with van der Waals surface area (Å²) in [5.74, 6) is -3.16. The van der Waals surface area contributed by atoms with Gasteiger partial charge in [-0.2, -0.15) is 13.2 Å². The minimum absolute atomic E-state index is 0.00341. The second-order valence-corrected chi connectivity index (χ2v) is 9.85. The van der Waals surface area contributed by atoms with Gasteiger partial charge in [-0.15, -0.1) is 0 Å². The Morgan fingerprint density at radius 2 is 1.62 bits per heavy atom. The molecule has 1 heterocycles. The molecule has 10 heteroatoms. The van der Waals surface area contributed by atoms with E-state index in [0.29, 0.717) is 0 Å². The second kappa shape index (κ2) is 11.1. The number of halogens is 3. The number of rotatable bonds is 8. The highest BCUT2D eigenvalue weighted by Crippen LogP contribution is 2.47. The number of Topliss-reactive ketones (excluding diaryl/α,β-unsaturated/α-hetero) is 1. The van der Waals surface area contributed by atoms with Gasteiger partial charge in [0.15, 0.2) is 17.3 Å². The number of hydrogen-bond acceptors (Lipinski definition) is 5. The van der Waals surface area contributed by atoms with Crippen molar-refractivity contribution >= 4 is 17.6 Å². The van der Waals surface area contributed by atoms with Gasteiger partial charge >= 0.3 is 6.18 Å². The van der Waals surface area contributed by atoms with Gasteiger partial charge in [0.2, 0.25) is 5.54 Å². The van der Waals surface area contributed by atoms with E-state index >= 15 is 13.2 Å². The Balaban J connectivity index is 1.83. The third-order valence-corrected chi connectivity index (χ3v) is 7.51. The minimum atomic E-state index is -5.32. The molecular formula is C29H31F3N2O5. The van der Waals surface area contributed by atoms with Gasteiger partial charge < -0.3 is 19.7 Å². The van der Waals surface area contributed by atoms with E-state index in [4.69, 9.17) is 9.47 Å². The predicted octanol–water partition coefficient (Wildman–Crippen LogP) is 5.31. The fraction of sp³-hybridized carbons (Fsp3) is 0.414. The van der Waals surface area contributed by atoms with Crippen LogP contribution in [-0.2, 0) is 4.79 Å². The maximum atomic E-state index is 15.2. The first-order chi connectivity index (χ1) is 18.5. The Labute approximate surface area is 225 Å². The highest BCUT2D eigenvalue weighted by Gasteiger charge is 2.70. The molecule has 4 rings (SSSR count). The number of alkyl halides is 3. The van der Waals surface area contributed by atoms with Crippen LogP contribution >= 0.6 is 0 Å². The lowest BCUT2D eigenvalue weighted by molar-refractivity contribution is -0.189. The van der Waals surface area contributed by atoms with Crippen LogP contribution in [0.1, 0.15) is 59.7 Å². The number of ether oxygens (including phenoxy) is 2. The van der Waals surface area contributed by atoms with E-state index in [-0.39, 0.29) is 40.8 Å². The van der Waals surface area contributed by atoms with Gasteiger partial charge in [-0.1, -0.05) is 49.6 Å². The summed E-state index contributed by atoms with van der Waals surface area (Å²) in [7, 11) is 2.70. The molecule has 2 aromatic rings. The van der Waals surface area contributed by atoms with Crippen molar-refractivity contribution in [3.8, 4) is 11.5 Å². The first-order valence-corrected chi connectivity index (χ1v) is 12.8. The van der Waals surface area contributed by atoms with Crippen LogP contribution in [0.25, 0.3) is 0 Å². The number of methoxy groups -OCH3 is 2. The highest BCUT2D eigenvalue weighted by atomic mass is 19.4. The average molecular weight is 545 g/mol. The third kappa shape index (κ3) is 5.12. The standard InChI is InChI=1S/C29H31F3N2O5/c1-18-24(25(35)20-12-8-5-9-13-20)28(29(30,31)32,27(37)34(18)17-19-10-6-4-7-11-19)33-26(36)21-14-15-22(38-2)23(16-21)39-3/h5,8-9,12-16,19H,4,6-7,10-11,17H2,1-3H3,(H,33,36). The number of amides is 2. The second-order valence-electron chi connectivity index (χ2n) is 9.85. The zero-order valence-corrected chi connectivity index (χ0v) is 22.1. The van der Waals surface area contributed by atoms with Gasteiger partial charge in [-0.3, -0.25) is 14.4 Å². The Hall–Kier alpha value is -3.82. The van der Waals surface area contributed by atoms with Crippen LogP contribution in [0.2, 0.25) is 0 Å². The molecule has 1 atom stereocenters. The van der Waals surface area contributed by atoms with Crippen LogP contribution in [0.15, 0.2) is 59.8 Å². The number of allylic oxidation sites excluding steroid dienone is 1. The van der Waals surface area contributed by atoms with Gasteiger partial charge in [0.05, 0.1) is 19.8 Å². The lowest BCUT2D eigenvalue weighted by atomic mass is 9.84. The SMILES string of the molecule is COc1ccc(C(=O)NC2(C(F)(F)F)C(=O)N(CC3CCCCC3)C(C)=C2C(=O)c2ccccc2)cc1OC. The van der Waals surface area contributed by atoms with Gasteiger partial charge in [-0.05, 0) is 43.9 Å². The molecule has 0 bridgehead atoms. The number of nitrogens with one attached hydrogen (secondary N) is 1. The van der Waals surface area contributed by atoms with Crippen molar-refractivity contribution in [2.45, 2.75) is 50.7 Å². The number of ketones is 1. The summed E-state index contributed by atoms with van der Waals surface area (Å²) in [6, 6.07) is 11.3. The van der Waals surface area contributed by atoms with E-state index in [1.807, 2.05) is 5.32 Å². The summed E-state index contributed by atoms with van der Waals surface area (Å²) < 4.78 is 55.8. The van der Waals surface area contributed by atoms with Crippen molar-refractivity contribution in [1.29, 1.82) is 0 Å². The van der Waals surface area contributed by atoms with Gasteiger partial charge in [0, 0.05) is 23.4 Å². The molecule has 0 aromatic heterocycles. The molecule has 0 saturated heterocycles. The van der Waals surface area contributed by atoms with Crippen LogP contribution in [0.5, 0.6) is 11.5 Å². The van der Waals surface area contributed by atoms with Crippen LogP contribution in [0.3, 0.4) is 0 Å². The summed E-state index contributed by atoms with van der Waals surface area (Å²) in [5.41, 5.74) is -4.68. The van der Waals surface area contributed by atoms with Crippen LogP contribution in [0.4, 0.5) is 13.2 Å². The Kier molecular flexibility index (Phi) is 8.04. The van der Waals surface area contributed by atoms with E-state index in [0.717, 1.165) is 37.0 Å². The zero-order valence-electron chi connectivity index (χ0n) is 22.1. The summed E-state index contributed by atoms with van der Waals surface area (Å²) in [5, 5.41) is 1.96. The van der Waals surface area contributed by atoms with Crippen LogP contribution in [0, 0.1) is 5.92 Å². The predicted molar refractivity (Wildman–Crippen MR) is 138 cm³/mol. The molecule has 2 aliphatic rings. The average Bonchev–Trinajstić information content (AvgIpc) is 3.15. The Bertz CT molecular complexity index is 1290. The number of carbonyl (C=O) groups is 3. The molecule has 39 heavy (non-hydrogen) atoms. The van der Waals surface area contributed by atoms with Crippen molar-refractivity contribution in [2.24, 2.45) is 5.92 Å². The van der Waals surface area contributed by atoms with Crippen molar-refractivity contribution in [3.05, 3.63) is 70.9 Å². The number of nitrogens with zero attached hydrogens (tertiary/aromatic N) is 1. The normalized spacial score (nSPS) is 20.3. The van der Waals surface area contributed by atoms with E-state index in [1.54, 1.807) is 6.07 Å². The smallest absolute Gasteiger partial charge is 0.425 e. The number of benzene rings is 2. The molecule has 0 spiro atoms. The quantitative estimate of drug-likeness (QED) is 0.455. The molecule has 1 unspecified atom stereocenters. The largest absolute Gasteiger partial charge is 0.493 e. The molecule has 0 radical (unpaired) electrons. The first kappa shape index (κ1) is 28.2. The number of carbonyl (C=O) groups excluding carboxylic acids is 3. The fourth-order valence-electron chi connectivity index (χ4n) is 5.45. The summed E-state index contributed by atoms with van der Waals surface area (Å²) in [6.07, 6.45) is -0.896. The van der Waals surface area contributed by atoms with Crippen molar-refractivity contribution in [3.63, 3.8) is 0 Å². The molecule has 2 aromatic carbocycles. The van der Waals surface area contributed by atoms with Gasteiger partial charge in [0.25, 0.3) is 11.8 Å². The third-order valence-electron chi connectivity index (χ3n) is 7.51. The zero-order chi connectivity index (χ0) is 28.4. The van der Waals surface area contributed by atoms with Gasteiger partial charge in [0.1, 0.15) is 0 Å². The Morgan fingerprint density at radius 3 is 2.21 bits per heavy atom. The summed E-state index contributed by atoms with van der Waals surface area (Å²) in [4.78, 5) is 41.9. The van der Waals surface area contributed by atoms with Crippen molar-refractivity contribution in [2.75, 3.05) is 20.8 Å². The maximum absolute atomic E-state index is 15.2. The monoisotopic (exact) mass is 544 g/mol. The van der Waals surface area contributed by atoms with E-state index in [2.05, 4.69) is 0 Å². The lowest BCUT2D eigenvalue weighted by Crippen LogP contribution is -2.66. The molecule has 1 N–H and O–H groups in total. The summed E-state index contributed by atoms with van der Waals surface area (Å²) >= 11 is 0. The molecule has 1 aliphatic carbocycles. The molecule has 1 aliphatic heterocycles.